The van der Waals surface area contributed by atoms with Gasteiger partial charge in [0.25, 0.3) is 0 Å². The number of ether oxygens (including phenoxy) is 2. The topological polar surface area (TPSA) is 67.9 Å². The molecule has 2 aromatic rings. The lowest BCUT2D eigenvalue weighted by Gasteiger charge is -2.33. The van der Waals surface area contributed by atoms with Crippen molar-refractivity contribution < 1.29 is 19.1 Å². The Morgan fingerprint density at radius 2 is 1.42 bits per heavy atom. The number of carbonyl (C=O) groups is 2. The largest absolute Gasteiger partial charge is 0.497 e. The van der Waals surface area contributed by atoms with Crippen molar-refractivity contribution in [1.82, 2.24) is 10.2 Å². The number of hydrogen-bond acceptors (Lipinski definition) is 4. The zero-order chi connectivity index (χ0) is 21.8. The van der Waals surface area contributed by atoms with Crippen molar-refractivity contribution in [3.63, 3.8) is 0 Å². The summed E-state index contributed by atoms with van der Waals surface area (Å²) in [5.41, 5.74) is 1.95. The minimum absolute atomic E-state index is 0.00932. The molecule has 31 heavy (non-hydrogen) atoms. The molecule has 4 rings (SSSR count). The van der Waals surface area contributed by atoms with E-state index in [0.29, 0.717) is 6.54 Å². The van der Waals surface area contributed by atoms with Crippen LogP contribution in [0.3, 0.4) is 0 Å². The molecule has 6 heteroatoms. The van der Waals surface area contributed by atoms with E-state index in [0.717, 1.165) is 54.9 Å². The first-order valence-electron chi connectivity index (χ1n) is 11.0. The number of rotatable bonds is 7. The van der Waals surface area contributed by atoms with E-state index in [1.54, 1.807) is 14.2 Å². The molecule has 0 radical (unpaired) electrons. The number of likely N-dealkylation sites (tertiary alicyclic amines) is 1. The second-order valence-electron chi connectivity index (χ2n) is 8.39. The minimum atomic E-state index is -0.293. The van der Waals surface area contributed by atoms with Crippen molar-refractivity contribution in [2.24, 2.45) is 11.8 Å². The molecule has 0 bridgehead atoms. The fourth-order valence-electron chi connectivity index (χ4n) is 4.19. The third kappa shape index (κ3) is 5.01. The Kier molecular flexibility index (Phi) is 6.44. The van der Waals surface area contributed by atoms with Crippen LogP contribution in [0.5, 0.6) is 11.5 Å². The molecule has 2 fully saturated rings. The lowest BCUT2D eigenvalue weighted by molar-refractivity contribution is -0.136. The van der Waals surface area contributed by atoms with E-state index in [-0.39, 0.29) is 29.7 Å². The van der Waals surface area contributed by atoms with Crippen LogP contribution in [0.15, 0.2) is 48.5 Å². The van der Waals surface area contributed by atoms with Gasteiger partial charge in [-0.1, -0.05) is 24.3 Å². The Balaban J connectivity index is 1.52. The lowest BCUT2D eigenvalue weighted by Crippen LogP contribution is -2.46. The summed E-state index contributed by atoms with van der Waals surface area (Å²) in [4.78, 5) is 27.6. The first-order valence-corrected chi connectivity index (χ1v) is 11.0. The minimum Gasteiger partial charge on any atom is -0.497 e. The highest BCUT2D eigenvalue weighted by Crippen LogP contribution is 2.33. The lowest BCUT2D eigenvalue weighted by atomic mass is 9.94. The smallest absolute Gasteiger partial charge is 0.225 e. The summed E-state index contributed by atoms with van der Waals surface area (Å²) >= 11 is 0. The van der Waals surface area contributed by atoms with E-state index in [9.17, 15) is 9.59 Å². The van der Waals surface area contributed by atoms with Gasteiger partial charge in [0, 0.05) is 19.0 Å². The van der Waals surface area contributed by atoms with Crippen molar-refractivity contribution in [1.29, 1.82) is 0 Å². The molecule has 0 aromatic heterocycles. The van der Waals surface area contributed by atoms with Gasteiger partial charge in [-0.2, -0.15) is 0 Å². The van der Waals surface area contributed by atoms with E-state index in [1.807, 2.05) is 53.4 Å². The summed E-state index contributed by atoms with van der Waals surface area (Å²) in [7, 11) is 3.27. The highest BCUT2D eigenvalue weighted by Gasteiger charge is 2.37. The van der Waals surface area contributed by atoms with Gasteiger partial charge in [-0.15, -0.1) is 0 Å². The number of methoxy groups -OCH3 is 2. The van der Waals surface area contributed by atoms with Crippen molar-refractivity contribution in [2.45, 2.75) is 31.7 Å². The van der Waals surface area contributed by atoms with E-state index >= 15 is 0 Å². The van der Waals surface area contributed by atoms with Crippen molar-refractivity contribution in [3.05, 3.63) is 59.7 Å². The van der Waals surface area contributed by atoms with E-state index < -0.39 is 0 Å². The van der Waals surface area contributed by atoms with Crippen LogP contribution in [0.25, 0.3) is 0 Å². The van der Waals surface area contributed by atoms with Crippen molar-refractivity contribution >= 4 is 11.8 Å². The van der Waals surface area contributed by atoms with Crippen LogP contribution < -0.4 is 14.8 Å². The second-order valence-corrected chi connectivity index (χ2v) is 8.39. The van der Waals surface area contributed by atoms with Gasteiger partial charge in [0.15, 0.2) is 0 Å². The van der Waals surface area contributed by atoms with Gasteiger partial charge in [-0.05, 0) is 61.1 Å². The molecule has 6 nitrogen and oxygen atoms in total. The Bertz CT molecular complexity index is 859. The maximum Gasteiger partial charge on any atom is 0.225 e. The molecular weight excluding hydrogens is 392 g/mol. The van der Waals surface area contributed by atoms with Gasteiger partial charge in [-0.3, -0.25) is 9.59 Å². The molecule has 2 aliphatic rings. The van der Waals surface area contributed by atoms with Gasteiger partial charge in [0.1, 0.15) is 11.5 Å². The molecule has 1 saturated heterocycles. The predicted octanol–water partition coefficient (Wildman–Crippen LogP) is 3.56. The Labute approximate surface area is 183 Å². The number of piperidine rings is 1. The normalized spacial score (nSPS) is 18.5. The third-order valence-electron chi connectivity index (χ3n) is 6.22. The summed E-state index contributed by atoms with van der Waals surface area (Å²) in [6.45, 7) is 1.28. The third-order valence-corrected chi connectivity index (χ3v) is 6.22. The fraction of sp³-hybridized carbons (Fsp3) is 0.440. The molecule has 1 aliphatic carbocycles. The Morgan fingerprint density at radius 1 is 0.871 bits per heavy atom. The Hall–Kier alpha value is -3.02. The highest BCUT2D eigenvalue weighted by molar-refractivity contribution is 5.84. The quantitative estimate of drug-likeness (QED) is 0.741. The molecular formula is C25H30N2O4. The van der Waals surface area contributed by atoms with E-state index in [2.05, 4.69) is 5.32 Å². The maximum atomic E-state index is 13.3. The fourth-order valence-corrected chi connectivity index (χ4v) is 4.19. The van der Waals surface area contributed by atoms with Crippen LogP contribution in [0.4, 0.5) is 0 Å². The van der Waals surface area contributed by atoms with Crippen LogP contribution in [-0.4, -0.2) is 44.0 Å². The average Bonchev–Trinajstić information content (AvgIpc) is 3.68. The summed E-state index contributed by atoms with van der Waals surface area (Å²) < 4.78 is 10.6. The molecule has 2 aromatic carbocycles. The number of nitrogens with zero attached hydrogens (tertiary/aromatic N) is 1. The van der Waals surface area contributed by atoms with Crippen LogP contribution in [0.2, 0.25) is 0 Å². The molecule has 1 atom stereocenters. The predicted molar refractivity (Wildman–Crippen MR) is 118 cm³/mol. The van der Waals surface area contributed by atoms with Crippen LogP contribution >= 0.6 is 0 Å². The number of nitrogens with one attached hydrogen (secondary N) is 1. The molecule has 164 valence electrons. The van der Waals surface area contributed by atoms with Crippen LogP contribution in [0.1, 0.15) is 42.9 Å². The zero-order valence-electron chi connectivity index (χ0n) is 18.2. The van der Waals surface area contributed by atoms with E-state index in [4.69, 9.17) is 9.47 Å². The summed E-state index contributed by atoms with van der Waals surface area (Å²) in [6, 6.07) is 15.2. The standard InChI is InChI=1S/C25H30N2O4/c1-30-21-11-7-17(8-12-21)23(18-9-13-22(31-2)14-10-18)26-24(28)20-4-3-15-27(16-20)25(29)19-5-6-19/h7-14,19-20,23H,3-6,15-16H2,1-2H3,(H,26,28). The SMILES string of the molecule is COc1ccc(C(NC(=O)C2CCCN(C(=O)C3CC3)C2)c2ccc(OC)cc2)cc1. The molecule has 0 spiro atoms. The molecule has 2 amide bonds. The number of carbonyl (C=O) groups excluding carboxylic acids is 2. The highest BCUT2D eigenvalue weighted by atomic mass is 16.5. The van der Waals surface area contributed by atoms with Gasteiger partial charge in [-0.25, -0.2) is 0 Å². The van der Waals surface area contributed by atoms with Gasteiger partial charge >= 0.3 is 0 Å². The van der Waals surface area contributed by atoms with Crippen molar-refractivity contribution in [3.8, 4) is 11.5 Å². The second kappa shape index (κ2) is 9.41. The first kappa shape index (κ1) is 21.2. The van der Waals surface area contributed by atoms with Crippen LogP contribution in [-0.2, 0) is 9.59 Å². The Morgan fingerprint density at radius 3 is 1.90 bits per heavy atom. The van der Waals surface area contributed by atoms with Gasteiger partial charge in [0.05, 0.1) is 26.2 Å². The number of hydrogen-bond donors (Lipinski definition) is 1. The van der Waals surface area contributed by atoms with E-state index in [1.165, 1.54) is 0 Å². The first-order chi connectivity index (χ1) is 15.1. The molecule has 1 N–H and O–H groups in total. The average molecular weight is 423 g/mol. The zero-order valence-corrected chi connectivity index (χ0v) is 18.2. The number of benzene rings is 2. The summed E-state index contributed by atoms with van der Waals surface area (Å²) in [6.07, 6.45) is 3.65. The molecule has 1 heterocycles. The summed E-state index contributed by atoms with van der Waals surface area (Å²) in [5.74, 6) is 1.75. The molecule has 1 saturated carbocycles. The molecule has 1 unspecified atom stereocenters. The monoisotopic (exact) mass is 422 g/mol. The van der Waals surface area contributed by atoms with Crippen molar-refractivity contribution in [2.75, 3.05) is 27.3 Å². The maximum absolute atomic E-state index is 13.3. The van der Waals surface area contributed by atoms with Gasteiger partial charge < -0.3 is 19.7 Å². The van der Waals surface area contributed by atoms with Gasteiger partial charge in [0.2, 0.25) is 11.8 Å². The summed E-state index contributed by atoms with van der Waals surface area (Å²) in [5, 5.41) is 3.24. The van der Waals surface area contributed by atoms with Crippen LogP contribution in [0, 0.1) is 11.8 Å². The number of amides is 2. The molecule has 1 aliphatic heterocycles.